The number of aromatic nitrogens is 7. The van der Waals surface area contributed by atoms with Crippen molar-refractivity contribution in [2.45, 2.75) is 25.0 Å². The molecule has 0 unspecified atom stereocenters. The highest BCUT2D eigenvalue weighted by Crippen LogP contribution is 2.33. The Balaban J connectivity index is 1.56. The fourth-order valence-corrected chi connectivity index (χ4v) is 4.33. The Morgan fingerprint density at radius 2 is 2.00 bits per heavy atom. The Morgan fingerprint density at radius 3 is 2.71 bits per heavy atom. The molecule has 2 bridgehead atoms. The van der Waals surface area contributed by atoms with E-state index in [0.717, 1.165) is 60.0 Å². The third-order valence-corrected chi connectivity index (χ3v) is 5.70. The standard InChI is InChI=1S/C19H20N8O/c1-25-16(5-7-22-25)14-8-18(26-10-12-2-3-13(11-26)28-12)24-27-17(14)9-20-19(27)15-4-6-21-23-15/h4-9,12-13H,2-3,10-11H2,1H3,(H,21,23)/t12-,13+. The molecule has 4 aromatic rings. The third kappa shape index (κ3) is 2.36. The minimum absolute atomic E-state index is 0.297. The van der Waals surface area contributed by atoms with Gasteiger partial charge in [0.25, 0.3) is 0 Å². The van der Waals surface area contributed by atoms with Gasteiger partial charge in [-0.2, -0.15) is 10.2 Å². The minimum Gasteiger partial charge on any atom is -0.371 e. The van der Waals surface area contributed by atoms with E-state index in [4.69, 9.17) is 9.84 Å². The molecule has 2 aliphatic rings. The lowest BCUT2D eigenvalue weighted by Gasteiger charge is -2.33. The smallest absolute Gasteiger partial charge is 0.179 e. The van der Waals surface area contributed by atoms with Gasteiger partial charge in [0.2, 0.25) is 0 Å². The van der Waals surface area contributed by atoms with E-state index in [2.05, 4.69) is 31.2 Å². The number of imidazole rings is 1. The van der Waals surface area contributed by atoms with Crippen LogP contribution in [0.4, 0.5) is 5.82 Å². The highest BCUT2D eigenvalue weighted by atomic mass is 16.5. The van der Waals surface area contributed by atoms with Crippen molar-refractivity contribution in [1.82, 2.24) is 34.6 Å². The fraction of sp³-hybridized carbons (Fsp3) is 0.368. The number of hydrogen-bond acceptors (Lipinski definition) is 6. The van der Waals surface area contributed by atoms with E-state index in [0.29, 0.717) is 12.2 Å². The molecule has 6 heterocycles. The van der Waals surface area contributed by atoms with Gasteiger partial charge < -0.3 is 9.64 Å². The van der Waals surface area contributed by atoms with Crippen molar-refractivity contribution in [2.75, 3.05) is 18.0 Å². The van der Waals surface area contributed by atoms with E-state index >= 15 is 0 Å². The van der Waals surface area contributed by atoms with Crippen LogP contribution in [0.15, 0.2) is 36.8 Å². The van der Waals surface area contributed by atoms with Crippen LogP contribution in [0, 0.1) is 0 Å². The van der Waals surface area contributed by atoms with E-state index in [1.54, 1.807) is 6.20 Å². The first-order valence-corrected chi connectivity index (χ1v) is 9.53. The quantitative estimate of drug-likeness (QED) is 0.587. The highest BCUT2D eigenvalue weighted by Gasteiger charge is 2.34. The molecule has 2 saturated heterocycles. The molecule has 9 heteroatoms. The predicted octanol–water partition coefficient (Wildman–Crippen LogP) is 1.89. The molecule has 2 atom stereocenters. The van der Waals surface area contributed by atoms with E-state index in [9.17, 15) is 0 Å². The first-order chi connectivity index (χ1) is 13.8. The number of morpholine rings is 1. The van der Waals surface area contributed by atoms with Crippen molar-refractivity contribution < 1.29 is 4.74 Å². The molecule has 0 amide bonds. The first-order valence-electron chi connectivity index (χ1n) is 9.53. The topological polar surface area (TPSA) is 89.2 Å². The zero-order chi connectivity index (χ0) is 18.7. The van der Waals surface area contributed by atoms with Crippen LogP contribution in [0.3, 0.4) is 0 Å². The molecule has 0 saturated carbocycles. The number of aromatic amines is 1. The second-order valence-electron chi connectivity index (χ2n) is 7.47. The molecule has 0 radical (unpaired) electrons. The van der Waals surface area contributed by atoms with Gasteiger partial charge in [0.05, 0.1) is 29.6 Å². The van der Waals surface area contributed by atoms with E-state index in [1.165, 1.54) is 0 Å². The van der Waals surface area contributed by atoms with Crippen LogP contribution >= 0.6 is 0 Å². The average Bonchev–Trinajstić information content (AvgIpc) is 3.48. The van der Waals surface area contributed by atoms with Crippen molar-refractivity contribution in [3.8, 4) is 22.8 Å². The SMILES string of the molecule is Cn1nccc1-c1cc(N2C[C@H]3CC[C@@H](C2)O3)nn2c(-c3ccn[nH]3)ncc12. The van der Waals surface area contributed by atoms with Crippen LogP contribution in [0.5, 0.6) is 0 Å². The van der Waals surface area contributed by atoms with Crippen molar-refractivity contribution in [1.29, 1.82) is 0 Å². The molecule has 0 aromatic carbocycles. The maximum atomic E-state index is 6.01. The summed E-state index contributed by atoms with van der Waals surface area (Å²) in [6.07, 6.45) is 8.25. The molecule has 28 heavy (non-hydrogen) atoms. The Hall–Kier alpha value is -3.20. The molecule has 142 valence electrons. The summed E-state index contributed by atoms with van der Waals surface area (Å²) in [6, 6.07) is 6.07. The molecule has 6 rings (SSSR count). The second-order valence-corrected chi connectivity index (χ2v) is 7.47. The number of hydrogen-bond donors (Lipinski definition) is 1. The fourth-order valence-electron chi connectivity index (χ4n) is 4.33. The maximum absolute atomic E-state index is 6.01. The zero-order valence-corrected chi connectivity index (χ0v) is 15.5. The van der Waals surface area contributed by atoms with Gasteiger partial charge in [-0.3, -0.25) is 9.78 Å². The van der Waals surface area contributed by atoms with E-state index in [-0.39, 0.29) is 0 Å². The van der Waals surface area contributed by atoms with Gasteiger partial charge >= 0.3 is 0 Å². The molecule has 2 fully saturated rings. The Morgan fingerprint density at radius 1 is 1.14 bits per heavy atom. The summed E-state index contributed by atoms with van der Waals surface area (Å²) in [5.41, 5.74) is 3.86. The summed E-state index contributed by atoms with van der Waals surface area (Å²) in [4.78, 5) is 6.96. The number of fused-ring (bicyclic) bond motifs is 3. The molecular formula is C19H20N8O. The maximum Gasteiger partial charge on any atom is 0.179 e. The zero-order valence-electron chi connectivity index (χ0n) is 15.5. The predicted molar refractivity (Wildman–Crippen MR) is 103 cm³/mol. The van der Waals surface area contributed by atoms with Gasteiger partial charge in [-0.15, -0.1) is 5.10 Å². The van der Waals surface area contributed by atoms with E-state index in [1.807, 2.05) is 40.8 Å². The number of anilines is 1. The Labute approximate surface area is 160 Å². The Bertz CT molecular complexity index is 1130. The number of nitrogens with one attached hydrogen (secondary N) is 1. The van der Waals surface area contributed by atoms with Gasteiger partial charge in [-0.1, -0.05) is 0 Å². The molecule has 0 aliphatic carbocycles. The van der Waals surface area contributed by atoms with Gasteiger partial charge in [0.15, 0.2) is 5.82 Å². The summed E-state index contributed by atoms with van der Waals surface area (Å²) < 4.78 is 9.79. The third-order valence-electron chi connectivity index (χ3n) is 5.70. The van der Waals surface area contributed by atoms with Crippen LogP contribution in [0.25, 0.3) is 28.3 Å². The second kappa shape index (κ2) is 5.90. The average molecular weight is 376 g/mol. The van der Waals surface area contributed by atoms with Crippen molar-refractivity contribution in [3.63, 3.8) is 0 Å². The molecule has 0 spiro atoms. The van der Waals surface area contributed by atoms with E-state index < -0.39 is 0 Å². The molecule has 1 N–H and O–H groups in total. The summed E-state index contributed by atoms with van der Waals surface area (Å²) in [5, 5.41) is 16.4. The van der Waals surface area contributed by atoms with Gasteiger partial charge in [-0.25, -0.2) is 9.50 Å². The molecule has 4 aromatic heterocycles. The minimum atomic E-state index is 0.297. The number of rotatable bonds is 3. The van der Waals surface area contributed by atoms with Gasteiger partial charge in [-0.05, 0) is 31.0 Å². The van der Waals surface area contributed by atoms with Crippen molar-refractivity contribution >= 4 is 11.3 Å². The van der Waals surface area contributed by atoms with Crippen LogP contribution in [-0.4, -0.2) is 59.9 Å². The normalized spacial score (nSPS) is 21.7. The van der Waals surface area contributed by atoms with Crippen LogP contribution in [0.1, 0.15) is 12.8 Å². The van der Waals surface area contributed by atoms with Crippen molar-refractivity contribution in [2.24, 2.45) is 7.05 Å². The lowest BCUT2D eigenvalue weighted by atomic mass is 10.1. The molecule has 9 nitrogen and oxygen atoms in total. The molecule has 2 aliphatic heterocycles. The van der Waals surface area contributed by atoms with Gasteiger partial charge in [0.1, 0.15) is 11.5 Å². The highest BCUT2D eigenvalue weighted by molar-refractivity contribution is 5.81. The largest absolute Gasteiger partial charge is 0.371 e. The number of ether oxygens (including phenoxy) is 1. The first kappa shape index (κ1) is 15.8. The number of nitrogens with zero attached hydrogens (tertiary/aromatic N) is 7. The summed E-state index contributed by atoms with van der Waals surface area (Å²) in [7, 11) is 1.95. The number of H-pyrrole nitrogens is 1. The monoisotopic (exact) mass is 376 g/mol. The number of aryl methyl sites for hydroxylation is 1. The summed E-state index contributed by atoms with van der Waals surface area (Å²) in [6.45, 7) is 1.74. The van der Waals surface area contributed by atoms with Crippen LogP contribution < -0.4 is 4.90 Å². The molecular weight excluding hydrogens is 356 g/mol. The van der Waals surface area contributed by atoms with Crippen LogP contribution in [-0.2, 0) is 11.8 Å². The Kier molecular flexibility index (Phi) is 3.33. The van der Waals surface area contributed by atoms with Crippen LogP contribution in [0.2, 0.25) is 0 Å². The van der Waals surface area contributed by atoms with Gasteiger partial charge in [0, 0.05) is 38.1 Å². The lowest BCUT2D eigenvalue weighted by Crippen LogP contribution is -2.43. The summed E-state index contributed by atoms with van der Waals surface area (Å²) in [5.74, 6) is 1.68. The lowest BCUT2D eigenvalue weighted by molar-refractivity contribution is 0.0301. The summed E-state index contributed by atoms with van der Waals surface area (Å²) >= 11 is 0. The van der Waals surface area contributed by atoms with Crippen molar-refractivity contribution in [3.05, 3.63) is 36.8 Å².